The lowest BCUT2D eigenvalue weighted by Gasteiger charge is -2.45. The normalized spacial score (nSPS) is 46.8. The van der Waals surface area contributed by atoms with Crippen LogP contribution < -0.4 is 5.73 Å². The fourth-order valence-corrected chi connectivity index (χ4v) is 2.87. The molecule has 0 aromatic carbocycles. The van der Waals surface area contributed by atoms with Crippen LogP contribution in [0.3, 0.4) is 0 Å². The lowest BCUT2D eigenvalue weighted by molar-refractivity contribution is -0.337. The van der Waals surface area contributed by atoms with E-state index in [9.17, 15) is 30.3 Å². The molecule has 2 heterocycles. The summed E-state index contributed by atoms with van der Waals surface area (Å²) >= 11 is 0. The number of methoxy groups -OCH3 is 2. The third kappa shape index (κ3) is 3.99. The van der Waals surface area contributed by atoms with Crippen molar-refractivity contribution >= 4 is 5.97 Å². The maximum Gasteiger partial charge on any atom is 0.337 e. The van der Waals surface area contributed by atoms with Crippen molar-refractivity contribution in [3.05, 3.63) is 0 Å². The summed E-state index contributed by atoms with van der Waals surface area (Å²) in [6.45, 7) is -0.636. The predicted molar refractivity (Wildman–Crippen MR) is 80.3 cm³/mol. The zero-order valence-electron chi connectivity index (χ0n) is 14.2. The molecule has 2 saturated heterocycles. The van der Waals surface area contributed by atoms with Gasteiger partial charge in [0.25, 0.3) is 0 Å². The van der Waals surface area contributed by atoms with Gasteiger partial charge in [0, 0.05) is 7.11 Å². The van der Waals surface area contributed by atoms with Crippen LogP contribution in [0.15, 0.2) is 0 Å². The minimum Gasteiger partial charge on any atom is -0.467 e. The van der Waals surface area contributed by atoms with Gasteiger partial charge in [0.05, 0.1) is 19.8 Å². The zero-order valence-corrected chi connectivity index (χ0v) is 14.2. The molecule has 12 nitrogen and oxygen atoms in total. The fraction of sp³-hybridized carbons (Fsp3) is 0.929. The summed E-state index contributed by atoms with van der Waals surface area (Å²) in [7, 11) is 2.30. The summed E-state index contributed by atoms with van der Waals surface area (Å²) in [6, 6.07) is -1.27. The predicted octanol–water partition coefficient (Wildman–Crippen LogP) is -4.60. The molecule has 0 radical (unpaired) electrons. The molecule has 0 aromatic rings. The maximum atomic E-state index is 12.0. The van der Waals surface area contributed by atoms with Crippen molar-refractivity contribution in [2.24, 2.45) is 5.73 Å². The standard InChI is InChI=1S/C14H25NO11/c1-22-12(21)11-10(8(19)9(20)14(23-2)26-11)25-13-5(15)7(18)6(17)4(3-16)24-13/h4-11,13-14,16-20H,3,15H2,1-2H3/t4-,5-,6-,7-,8-,9-,10+,11+,13-,14+/m1/s1. The van der Waals surface area contributed by atoms with Gasteiger partial charge in [-0.1, -0.05) is 0 Å². The Labute approximate surface area is 149 Å². The average Bonchev–Trinajstić information content (AvgIpc) is 2.65. The van der Waals surface area contributed by atoms with E-state index in [4.69, 9.17) is 24.7 Å². The Bertz CT molecular complexity index is 478. The molecular weight excluding hydrogens is 358 g/mol. The highest BCUT2D eigenvalue weighted by molar-refractivity contribution is 5.75. The number of esters is 1. The van der Waals surface area contributed by atoms with Crippen LogP contribution in [0, 0.1) is 0 Å². The Morgan fingerprint density at radius 3 is 2.19 bits per heavy atom. The molecule has 2 rings (SSSR count). The number of aliphatic hydroxyl groups is 5. The van der Waals surface area contributed by atoms with E-state index in [1.807, 2.05) is 0 Å². The average molecular weight is 383 g/mol. The number of carbonyl (C=O) groups is 1. The lowest BCUT2D eigenvalue weighted by Crippen LogP contribution is -2.67. The maximum absolute atomic E-state index is 12.0. The molecule has 0 aromatic heterocycles. The van der Waals surface area contributed by atoms with Crippen molar-refractivity contribution in [1.29, 1.82) is 0 Å². The number of nitrogens with two attached hydrogens (primary N) is 1. The fourth-order valence-electron chi connectivity index (χ4n) is 2.87. The van der Waals surface area contributed by atoms with Gasteiger partial charge in [-0.05, 0) is 0 Å². The summed E-state index contributed by atoms with van der Waals surface area (Å²) in [5, 5.41) is 49.3. The molecular formula is C14H25NO11. The van der Waals surface area contributed by atoms with Gasteiger partial charge in [-0.25, -0.2) is 4.79 Å². The highest BCUT2D eigenvalue weighted by Gasteiger charge is 2.52. The van der Waals surface area contributed by atoms with E-state index in [1.54, 1.807) is 0 Å². The first kappa shape index (κ1) is 21.4. The lowest BCUT2D eigenvalue weighted by atomic mass is 9.96. The van der Waals surface area contributed by atoms with Gasteiger partial charge in [0.2, 0.25) is 0 Å². The summed E-state index contributed by atoms with van der Waals surface area (Å²) in [6.07, 6.45) is -13.1. The highest BCUT2D eigenvalue weighted by Crippen LogP contribution is 2.29. The van der Waals surface area contributed by atoms with Gasteiger partial charge in [0.15, 0.2) is 18.7 Å². The van der Waals surface area contributed by atoms with Crippen LogP contribution in [0.25, 0.3) is 0 Å². The van der Waals surface area contributed by atoms with Gasteiger partial charge in [0.1, 0.15) is 36.6 Å². The summed E-state index contributed by atoms with van der Waals surface area (Å²) in [5.41, 5.74) is 5.77. The molecule has 0 saturated carbocycles. The van der Waals surface area contributed by atoms with E-state index < -0.39 is 73.9 Å². The van der Waals surface area contributed by atoms with Crippen LogP contribution in [0.2, 0.25) is 0 Å². The molecule has 0 aliphatic carbocycles. The molecule has 0 spiro atoms. The van der Waals surface area contributed by atoms with E-state index in [1.165, 1.54) is 7.11 Å². The van der Waals surface area contributed by atoms with Gasteiger partial charge < -0.3 is 55.0 Å². The molecule has 152 valence electrons. The molecule has 10 atom stereocenters. The largest absolute Gasteiger partial charge is 0.467 e. The molecule has 0 unspecified atom stereocenters. The number of hydrogen-bond donors (Lipinski definition) is 6. The Hall–Kier alpha value is -0.930. The molecule has 7 N–H and O–H groups in total. The minimum absolute atomic E-state index is 0.636. The Morgan fingerprint density at radius 1 is 1.00 bits per heavy atom. The summed E-state index contributed by atoms with van der Waals surface area (Å²) < 4.78 is 25.5. The van der Waals surface area contributed by atoms with Crippen molar-refractivity contribution in [3.8, 4) is 0 Å². The molecule has 26 heavy (non-hydrogen) atoms. The van der Waals surface area contributed by atoms with E-state index >= 15 is 0 Å². The third-order valence-electron chi connectivity index (χ3n) is 4.43. The number of rotatable bonds is 5. The van der Waals surface area contributed by atoms with Crippen molar-refractivity contribution in [1.82, 2.24) is 0 Å². The van der Waals surface area contributed by atoms with Crippen molar-refractivity contribution in [2.75, 3.05) is 20.8 Å². The first-order valence-electron chi connectivity index (χ1n) is 7.92. The van der Waals surface area contributed by atoms with Crippen LogP contribution in [-0.4, -0.2) is 114 Å². The Balaban J connectivity index is 2.21. The number of aliphatic hydroxyl groups excluding tert-OH is 5. The first-order valence-corrected chi connectivity index (χ1v) is 7.92. The van der Waals surface area contributed by atoms with Crippen molar-refractivity contribution in [3.63, 3.8) is 0 Å². The van der Waals surface area contributed by atoms with Gasteiger partial charge >= 0.3 is 5.97 Å². The van der Waals surface area contributed by atoms with Crippen LogP contribution in [-0.2, 0) is 28.5 Å². The topological polar surface area (TPSA) is 190 Å². The Morgan fingerprint density at radius 2 is 1.65 bits per heavy atom. The van der Waals surface area contributed by atoms with E-state index in [0.29, 0.717) is 0 Å². The van der Waals surface area contributed by atoms with Crippen LogP contribution in [0.1, 0.15) is 0 Å². The first-order chi connectivity index (χ1) is 12.3. The van der Waals surface area contributed by atoms with Crippen molar-refractivity contribution < 1.29 is 54.0 Å². The summed E-state index contributed by atoms with van der Waals surface area (Å²) in [5.74, 6) is -0.910. The molecule has 0 bridgehead atoms. The monoisotopic (exact) mass is 383 g/mol. The third-order valence-corrected chi connectivity index (χ3v) is 4.43. The van der Waals surface area contributed by atoms with E-state index in [-0.39, 0.29) is 0 Å². The Kier molecular flexibility index (Phi) is 7.27. The van der Waals surface area contributed by atoms with Gasteiger partial charge in [-0.3, -0.25) is 0 Å². The number of hydrogen-bond acceptors (Lipinski definition) is 12. The summed E-state index contributed by atoms with van der Waals surface area (Å²) in [4.78, 5) is 12.0. The molecule has 12 heteroatoms. The van der Waals surface area contributed by atoms with Crippen LogP contribution >= 0.6 is 0 Å². The van der Waals surface area contributed by atoms with E-state index in [2.05, 4.69) is 4.74 Å². The molecule has 2 aliphatic rings. The van der Waals surface area contributed by atoms with Crippen molar-refractivity contribution in [2.45, 2.75) is 61.3 Å². The highest BCUT2D eigenvalue weighted by atomic mass is 16.7. The quantitative estimate of drug-likeness (QED) is 0.249. The molecule has 2 aliphatic heterocycles. The number of ether oxygens (including phenoxy) is 5. The van der Waals surface area contributed by atoms with Gasteiger partial charge in [-0.2, -0.15) is 0 Å². The second-order valence-corrected chi connectivity index (χ2v) is 6.05. The molecule has 2 fully saturated rings. The second kappa shape index (κ2) is 8.84. The van der Waals surface area contributed by atoms with E-state index in [0.717, 1.165) is 7.11 Å². The number of carbonyl (C=O) groups excluding carboxylic acids is 1. The minimum atomic E-state index is -1.65. The SMILES string of the molecule is COC(=O)[C@H]1O[C@H](OC)[C@H](O)[C@@H](O)[C@@H]1O[C@H]1O[C@H](CO)[C@@H](O)[C@H](O)[C@H]1N. The smallest absolute Gasteiger partial charge is 0.337 e. The van der Waals surface area contributed by atoms with Crippen LogP contribution in [0.4, 0.5) is 0 Å². The molecule has 0 amide bonds. The van der Waals surface area contributed by atoms with Gasteiger partial charge in [-0.15, -0.1) is 0 Å². The second-order valence-electron chi connectivity index (χ2n) is 6.05. The zero-order chi connectivity index (χ0) is 19.6. The van der Waals surface area contributed by atoms with Crippen LogP contribution in [0.5, 0.6) is 0 Å².